The number of anilines is 1. The Morgan fingerprint density at radius 1 is 1.11 bits per heavy atom. The Morgan fingerprint density at radius 3 is 2.57 bits per heavy atom. The quantitative estimate of drug-likeness (QED) is 0.725. The van der Waals surface area contributed by atoms with Gasteiger partial charge < -0.3 is 9.88 Å². The van der Waals surface area contributed by atoms with Crippen LogP contribution in [0, 0.1) is 12.8 Å². The van der Waals surface area contributed by atoms with Gasteiger partial charge in [-0.25, -0.2) is 4.98 Å². The molecule has 1 aliphatic heterocycles. The summed E-state index contributed by atoms with van der Waals surface area (Å²) in [5.74, 6) is 1.35. The molecule has 1 N–H and O–H groups in total. The van der Waals surface area contributed by atoms with E-state index in [1.165, 1.54) is 5.52 Å². The first-order valence-electron chi connectivity index (χ1n) is 10.2. The molecule has 5 heteroatoms. The minimum atomic E-state index is 0.0841. The Bertz CT molecular complexity index is 970. The van der Waals surface area contributed by atoms with Crippen molar-refractivity contribution in [2.45, 2.75) is 39.8 Å². The number of hydrogen-bond acceptors (Lipinski definition) is 3. The van der Waals surface area contributed by atoms with Gasteiger partial charge in [0.05, 0.1) is 17.6 Å². The zero-order valence-corrected chi connectivity index (χ0v) is 16.7. The first-order chi connectivity index (χ1) is 13.7. The van der Waals surface area contributed by atoms with Crippen LogP contribution in [-0.2, 0) is 17.9 Å². The SMILES string of the molecule is CCn1c(CN2CCC(C(=O)Nc3ccccc3C)CC2)nc2ccccc21. The van der Waals surface area contributed by atoms with Gasteiger partial charge >= 0.3 is 0 Å². The van der Waals surface area contributed by atoms with E-state index in [9.17, 15) is 4.79 Å². The molecule has 1 fully saturated rings. The normalized spacial score (nSPS) is 15.8. The highest BCUT2D eigenvalue weighted by molar-refractivity contribution is 5.93. The number of aromatic nitrogens is 2. The average Bonchev–Trinajstić information content (AvgIpc) is 3.07. The Hall–Kier alpha value is -2.66. The minimum Gasteiger partial charge on any atom is -0.327 e. The van der Waals surface area contributed by atoms with E-state index in [0.717, 1.165) is 61.6 Å². The number of rotatable bonds is 5. The van der Waals surface area contributed by atoms with Gasteiger partial charge in [-0.2, -0.15) is 0 Å². The summed E-state index contributed by atoms with van der Waals surface area (Å²) >= 11 is 0. The number of carbonyl (C=O) groups excluding carboxylic acids is 1. The Labute approximate surface area is 166 Å². The largest absolute Gasteiger partial charge is 0.327 e. The summed E-state index contributed by atoms with van der Waals surface area (Å²) in [7, 11) is 0. The van der Waals surface area contributed by atoms with Gasteiger partial charge in [0.2, 0.25) is 5.91 Å². The van der Waals surface area contributed by atoms with Crippen molar-refractivity contribution in [3.05, 3.63) is 59.9 Å². The second-order valence-corrected chi connectivity index (χ2v) is 7.62. The number of amides is 1. The van der Waals surface area contributed by atoms with Crippen LogP contribution in [0.1, 0.15) is 31.2 Å². The number of carbonyl (C=O) groups is 1. The number of nitrogens with zero attached hydrogens (tertiary/aromatic N) is 3. The standard InChI is InChI=1S/C23H28N4O/c1-3-27-21-11-7-6-10-20(21)24-22(27)16-26-14-12-18(13-15-26)23(28)25-19-9-5-4-8-17(19)2/h4-11,18H,3,12-16H2,1-2H3,(H,25,28). The number of likely N-dealkylation sites (tertiary alicyclic amines) is 1. The van der Waals surface area contributed by atoms with E-state index in [1.807, 2.05) is 37.3 Å². The van der Waals surface area contributed by atoms with E-state index in [1.54, 1.807) is 0 Å². The highest BCUT2D eigenvalue weighted by Crippen LogP contribution is 2.23. The van der Waals surface area contributed by atoms with Gasteiger partial charge in [0, 0.05) is 18.2 Å². The van der Waals surface area contributed by atoms with Crippen LogP contribution in [0.2, 0.25) is 0 Å². The molecule has 1 saturated heterocycles. The summed E-state index contributed by atoms with van der Waals surface area (Å²) < 4.78 is 2.30. The molecular formula is C23H28N4O. The van der Waals surface area contributed by atoms with E-state index in [-0.39, 0.29) is 11.8 Å². The molecule has 2 aromatic carbocycles. The number of aryl methyl sites for hydroxylation is 2. The van der Waals surface area contributed by atoms with Crippen LogP contribution < -0.4 is 5.32 Å². The van der Waals surface area contributed by atoms with E-state index in [0.29, 0.717) is 0 Å². The molecule has 1 amide bonds. The van der Waals surface area contributed by atoms with E-state index in [2.05, 4.69) is 39.9 Å². The second-order valence-electron chi connectivity index (χ2n) is 7.62. The molecule has 0 aliphatic carbocycles. The summed E-state index contributed by atoms with van der Waals surface area (Å²) in [6.07, 6.45) is 1.79. The topological polar surface area (TPSA) is 50.2 Å². The minimum absolute atomic E-state index is 0.0841. The van der Waals surface area contributed by atoms with Gasteiger partial charge in [-0.15, -0.1) is 0 Å². The highest BCUT2D eigenvalue weighted by atomic mass is 16.1. The summed E-state index contributed by atoms with van der Waals surface area (Å²) in [5.41, 5.74) is 4.29. The Morgan fingerprint density at radius 2 is 1.82 bits per heavy atom. The van der Waals surface area contributed by atoms with Crippen molar-refractivity contribution in [2.24, 2.45) is 5.92 Å². The lowest BCUT2D eigenvalue weighted by molar-refractivity contribution is -0.121. The number of para-hydroxylation sites is 3. The third kappa shape index (κ3) is 3.80. The number of benzene rings is 2. The number of piperidine rings is 1. The summed E-state index contributed by atoms with van der Waals surface area (Å²) in [6.45, 7) is 7.81. The van der Waals surface area contributed by atoms with Crippen LogP contribution in [-0.4, -0.2) is 33.4 Å². The van der Waals surface area contributed by atoms with Gasteiger partial charge in [0.25, 0.3) is 0 Å². The van der Waals surface area contributed by atoms with Crippen LogP contribution in [0.4, 0.5) is 5.69 Å². The van der Waals surface area contributed by atoms with Gasteiger partial charge in [-0.3, -0.25) is 9.69 Å². The predicted octanol–water partition coefficient (Wildman–Crippen LogP) is 4.22. The summed E-state index contributed by atoms with van der Waals surface area (Å²) in [6, 6.07) is 16.3. The predicted molar refractivity (Wildman–Crippen MR) is 113 cm³/mol. The van der Waals surface area contributed by atoms with Gasteiger partial charge in [0.1, 0.15) is 5.82 Å². The molecule has 1 aromatic heterocycles. The van der Waals surface area contributed by atoms with Crippen LogP contribution in [0.15, 0.2) is 48.5 Å². The maximum absolute atomic E-state index is 12.7. The van der Waals surface area contributed by atoms with Gasteiger partial charge in [-0.05, 0) is 63.5 Å². The summed E-state index contributed by atoms with van der Waals surface area (Å²) in [5, 5.41) is 3.11. The fourth-order valence-electron chi connectivity index (χ4n) is 4.10. The molecule has 4 rings (SSSR count). The molecule has 0 unspecified atom stereocenters. The average molecular weight is 377 g/mol. The summed E-state index contributed by atoms with van der Waals surface area (Å²) in [4.78, 5) is 19.9. The van der Waals surface area contributed by atoms with Crippen LogP contribution in [0.5, 0.6) is 0 Å². The van der Waals surface area contributed by atoms with E-state index in [4.69, 9.17) is 4.98 Å². The first kappa shape index (κ1) is 18.7. The fourth-order valence-corrected chi connectivity index (χ4v) is 4.10. The number of hydrogen-bond donors (Lipinski definition) is 1. The van der Waals surface area contributed by atoms with Crippen molar-refractivity contribution in [3.63, 3.8) is 0 Å². The lowest BCUT2D eigenvalue weighted by Crippen LogP contribution is -2.38. The molecule has 2 heterocycles. The second kappa shape index (κ2) is 8.15. The van der Waals surface area contributed by atoms with Crippen molar-refractivity contribution in [1.29, 1.82) is 0 Å². The molecule has 146 valence electrons. The van der Waals surface area contributed by atoms with Gasteiger partial charge in [0.15, 0.2) is 0 Å². The molecule has 1 aliphatic rings. The number of imidazole rings is 1. The van der Waals surface area contributed by atoms with Crippen LogP contribution in [0.25, 0.3) is 11.0 Å². The van der Waals surface area contributed by atoms with Crippen molar-refractivity contribution >= 4 is 22.6 Å². The first-order valence-corrected chi connectivity index (χ1v) is 10.2. The monoisotopic (exact) mass is 376 g/mol. The van der Waals surface area contributed by atoms with Crippen molar-refractivity contribution < 1.29 is 4.79 Å². The van der Waals surface area contributed by atoms with E-state index < -0.39 is 0 Å². The van der Waals surface area contributed by atoms with E-state index >= 15 is 0 Å². The maximum atomic E-state index is 12.7. The highest BCUT2D eigenvalue weighted by Gasteiger charge is 2.26. The van der Waals surface area contributed by atoms with Crippen LogP contribution >= 0.6 is 0 Å². The van der Waals surface area contributed by atoms with Gasteiger partial charge in [-0.1, -0.05) is 30.3 Å². The fraction of sp³-hybridized carbons (Fsp3) is 0.391. The zero-order valence-electron chi connectivity index (χ0n) is 16.7. The maximum Gasteiger partial charge on any atom is 0.227 e. The lowest BCUT2D eigenvalue weighted by atomic mass is 9.95. The van der Waals surface area contributed by atoms with Crippen LogP contribution in [0.3, 0.4) is 0 Å². The number of fused-ring (bicyclic) bond motifs is 1. The van der Waals surface area contributed by atoms with Crippen molar-refractivity contribution in [2.75, 3.05) is 18.4 Å². The van der Waals surface area contributed by atoms with Crippen molar-refractivity contribution in [1.82, 2.24) is 14.5 Å². The zero-order chi connectivity index (χ0) is 19.5. The molecule has 0 atom stereocenters. The molecule has 5 nitrogen and oxygen atoms in total. The molecule has 0 spiro atoms. The number of nitrogens with one attached hydrogen (secondary N) is 1. The molecular weight excluding hydrogens is 348 g/mol. The Kier molecular flexibility index (Phi) is 5.44. The molecule has 3 aromatic rings. The third-order valence-electron chi connectivity index (χ3n) is 5.78. The molecule has 0 radical (unpaired) electrons. The molecule has 0 saturated carbocycles. The van der Waals surface area contributed by atoms with Crippen molar-refractivity contribution in [3.8, 4) is 0 Å². The Balaban J connectivity index is 1.37. The lowest BCUT2D eigenvalue weighted by Gasteiger charge is -2.31. The third-order valence-corrected chi connectivity index (χ3v) is 5.78. The smallest absolute Gasteiger partial charge is 0.227 e. The molecule has 28 heavy (non-hydrogen) atoms. The molecule has 0 bridgehead atoms.